The Morgan fingerprint density at radius 3 is 1.83 bits per heavy atom. The maximum atomic E-state index is 6.83. The van der Waals surface area contributed by atoms with Crippen LogP contribution in [0.5, 0.6) is 0 Å². The van der Waals surface area contributed by atoms with E-state index in [4.69, 9.17) is 11.0 Å². The molecule has 1 aromatic heterocycles. The summed E-state index contributed by atoms with van der Waals surface area (Å²) in [7, 11) is 0. The Bertz CT molecular complexity index is 3870. The van der Waals surface area contributed by atoms with E-state index >= 15 is 0 Å². The van der Waals surface area contributed by atoms with Crippen LogP contribution in [0.2, 0.25) is 0 Å². The monoisotopic (exact) mass is 931 g/mol. The largest absolute Gasteiger partial charge is 0.456 e. The van der Waals surface area contributed by atoms with E-state index in [1.54, 1.807) is 0 Å². The fourth-order valence-corrected chi connectivity index (χ4v) is 14.7. The quantitative estimate of drug-likeness (QED) is 0.171. The lowest BCUT2D eigenvalue weighted by Crippen LogP contribution is -2.39. The summed E-state index contributed by atoms with van der Waals surface area (Å²) in [6.07, 6.45) is 1.71. The van der Waals surface area contributed by atoms with Crippen molar-refractivity contribution in [1.29, 1.82) is 0 Å². The van der Waals surface area contributed by atoms with Gasteiger partial charge in [-0.3, -0.25) is 0 Å². The second-order valence-corrected chi connectivity index (χ2v) is 22.4. The molecule has 1 spiro atoms. The van der Waals surface area contributed by atoms with Crippen LogP contribution in [0.1, 0.15) is 100 Å². The third-order valence-corrected chi connectivity index (χ3v) is 18.0. The van der Waals surface area contributed by atoms with E-state index in [2.05, 4.69) is 234 Å². The second-order valence-electron chi connectivity index (χ2n) is 21.3. The molecule has 2 nitrogen and oxygen atoms in total. The number of rotatable bonds is 5. The molecule has 1 aliphatic heterocycles. The molecule has 0 saturated carbocycles. The molecular weight excluding hydrogens is 879 g/mol. The summed E-state index contributed by atoms with van der Waals surface area (Å²) in [6, 6.07) is 73.4. The van der Waals surface area contributed by atoms with Gasteiger partial charge < -0.3 is 9.32 Å². The van der Waals surface area contributed by atoms with Crippen molar-refractivity contribution in [3.05, 3.63) is 273 Å². The number of hydrogen-bond acceptors (Lipinski definition) is 3. The molecule has 3 aliphatic carbocycles. The summed E-state index contributed by atoms with van der Waals surface area (Å²) in [5, 5.41) is 1.11. The highest BCUT2D eigenvalue weighted by atomic mass is 32.2. The maximum Gasteiger partial charge on any atom is 0.138 e. The Morgan fingerprint density at radius 1 is 0.521 bits per heavy atom. The first-order chi connectivity index (χ1) is 34.5. The van der Waals surface area contributed by atoms with E-state index in [0.29, 0.717) is 0 Å². The molecule has 71 heavy (non-hydrogen) atoms. The predicted molar refractivity (Wildman–Crippen MR) is 295 cm³/mol. The second kappa shape index (κ2) is 15.2. The number of furan rings is 1. The van der Waals surface area contributed by atoms with Gasteiger partial charge in [-0.25, -0.2) is 0 Å². The Labute approximate surface area is 421 Å². The van der Waals surface area contributed by atoms with Crippen molar-refractivity contribution < 1.29 is 4.42 Å². The molecular formula is C68H53NOS. The van der Waals surface area contributed by atoms with Gasteiger partial charge in [-0.15, -0.1) is 0 Å². The fourth-order valence-electron chi connectivity index (χ4n) is 13.5. The van der Waals surface area contributed by atoms with Gasteiger partial charge in [-0.1, -0.05) is 192 Å². The Balaban J connectivity index is 1.12. The molecule has 0 fully saturated rings. The molecule has 10 aromatic rings. The van der Waals surface area contributed by atoms with Crippen molar-refractivity contribution in [2.75, 3.05) is 4.90 Å². The molecule has 0 N–H and O–H groups in total. The lowest BCUT2D eigenvalue weighted by atomic mass is 9.59. The number of nitrogens with zero attached hydrogens (tertiary/aromatic N) is 1. The van der Waals surface area contributed by atoms with Crippen molar-refractivity contribution in [1.82, 2.24) is 0 Å². The molecule has 0 amide bonds. The molecule has 9 aromatic carbocycles. The van der Waals surface area contributed by atoms with Crippen molar-refractivity contribution >= 4 is 45.4 Å². The number of fused-ring (bicyclic) bond motifs is 14. The van der Waals surface area contributed by atoms with E-state index in [1.165, 1.54) is 87.7 Å². The summed E-state index contributed by atoms with van der Waals surface area (Å²) < 4.78 is 6.83. The van der Waals surface area contributed by atoms with Gasteiger partial charge in [0.15, 0.2) is 0 Å². The number of aryl methyl sites for hydroxylation is 1. The molecule has 0 bridgehead atoms. The molecule has 4 aliphatic rings. The van der Waals surface area contributed by atoms with Gasteiger partial charge in [0.25, 0.3) is 0 Å². The zero-order valence-electron chi connectivity index (χ0n) is 40.9. The zero-order chi connectivity index (χ0) is 48.0. The minimum atomic E-state index is -0.590. The van der Waals surface area contributed by atoms with Gasteiger partial charge >= 0.3 is 0 Å². The highest BCUT2D eigenvalue weighted by molar-refractivity contribution is 7.99. The van der Waals surface area contributed by atoms with Gasteiger partial charge in [0.1, 0.15) is 11.3 Å². The van der Waals surface area contributed by atoms with Crippen LogP contribution in [0.25, 0.3) is 38.8 Å². The first-order valence-corrected chi connectivity index (χ1v) is 25.9. The smallest absolute Gasteiger partial charge is 0.138 e. The normalized spacial score (nSPS) is 15.6. The SMILES string of the molecule is C=C(c1ccc(N(c2ccc3c(c2)C(C)(C)c2ccccc2C3)c2ccc3c(c2)C(C)(C)c2ccccc2-3)c2c1-c1ccccc1CC21c2ccccc2Sc2ccccc21)c1oc2ccccc2c1C. The molecule has 2 heterocycles. The van der Waals surface area contributed by atoms with Crippen molar-refractivity contribution in [2.45, 2.75) is 73.5 Å². The summed E-state index contributed by atoms with van der Waals surface area (Å²) in [5.41, 5.74) is 25.0. The first-order valence-electron chi connectivity index (χ1n) is 25.1. The average Bonchev–Trinajstić information content (AvgIpc) is 3.85. The zero-order valence-corrected chi connectivity index (χ0v) is 41.7. The number of anilines is 3. The van der Waals surface area contributed by atoms with Crippen molar-refractivity contribution in [3.8, 4) is 22.3 Å². The van der Waals surface area contributed by atoms with Gasteiger partial charge in [0, 0.05) is 54.1 Å². The van der Waals surface area contributed by atoms with Crippen LogP contribution >= 0.6 is 11.8 Å². The van der Waals surface area contributed by atoms with Gasteiger partial charge in [-0.05, 0) is 146 Å². The summed E-state index contributed by atoms with van der Waals surface area (Å²) >= 11 is 1.90. The predicted octanol–water partition coefficient (Wildman–Crippen LogP) is 17.8. The maximum absolute atomic E-state index is 6.83. The van der Waals surface area contributed by atoms with E-state index in [9.17, 15) is 0 Å². The summed E-state index contributed by atoms with van der Waals surface area (Å²) in [5.74, 6) is 0.827. The average molecular weight is 932 g/mol. The topological polar surface area (TPSA) is 16.4 Å². The van der Waals surface area contributed by atoms with E-state index in [1.807, 2.05) is 11.8 Å². The van der Waals surface area contributed by atoms with Gasteiger partial charge in [0.2, 0.25) is 0 Å². The van der Waals surface area contributed by atoms with E-state index < -0.39 is 5.41 Å². The van der Waals surface area contributed by atoms with Crippen molar-refractivity contribution in [3.63, 3.8) is 0 Å². The highest BCUT2D eigenvalue weighted by Crippen LogP contribution is 2.63. The standard InChI is InChI=1S/C68H53NOS/c1-41-48-21-11-16-28-60(48)70-65(41)42(2)49-35-36-59(64-63(49)50-22-9-7-20-45(50)40-68(64)55-26-14-17-29-61(55)71-62-30-18-15-27-56(62)68)69(47-33-34-52-51-23-10-13-25-54(51)67(5,6)58(52)39-47)46-32-31-44-37-43-19-8-12-24-53(43)66(3,4)57(44)38-46/h7-36,38-39H,2,37,40H2,1,3-6H3. The van der Waals surface area contributed by atoms with Gasteiger partial charge in [-0.2, -0.15) is 0 Å². The van der Waals surface area contributed by atoms with E-state index in [-0.39, 0.29) is 10.8 Å². The first kappa shape index (κ1) is 42.3. The van der Waals surface area contributed by atoms with Crippen LogP contribution in [0.15, 0.2) is 215 Å². The fraction of sp³-hybridized carbons (Fsp3) is 0.147. The Morgan fingerprint density at radius 2 is 1.08 bits per heavy atom. The minimum Gasteiger partial charge on any atom is -0.456 e. The van der Waals surface area contributed by atoms with Crippen LogP contribution in [0.4, 0.5) is 17.1 Å². The van der Waals surface area contributed by atoms with Crippen LogP contribution < -0.4 is 4.90 Å². The van der Waals surface area contributed by atoms with Crippen LogP contribution in [-0.4, -0.2) is 0 Å². The Kier molecular flexibility index (Phi) is 9.06. The number of para-hydroxylation sites is 1. The molecule has 342 valence electrons. The summed E-state index contributed by atoms with van der Waals surface area (Å²) in [4.78, 5) is 5.20. The highest BCUT2D eigenvalue weighted by Gasteiger charge is 2.50. The van der Waals surface area contributed by atoms with Crippen LogP contribution in [-0.2, 0) is 29.1 Å². The van der Waals surface area contributed by atoms with Crippen molar-refractivity contribution in [2.24, 2.45) is 0 Å². The molecule has 0 atom stereocenters. The van der Waals surface area contributed by atoms with Gasteiger partial charge in [0.05, 0.1) is 11.1 Å². The lowest BCUT2D eigenvalue weighted by Gasteiger charge is -2.48. The molecule has 14 rings (SSSR count). The molecule has 0 unspecified atom stereocenters. The van der Waals surface area contributed by atoms with Crippen LogP contribution in [0, 0.1) is 6.92 Å². The molecule has 3 heteroatoms. The van der Waals surface area contributed by atoms with Crippen LogP contribution in [0.3, 0.4) is 0 Å². The number of benzene rings is 9. The molecule has 0 radical (unpaired) electrons. The number of hydrogen-bond donors (Lipinski definition) is 0. The minimum absolute atomic E-state index is 0.195. The summed E-state index contributed by atoms with van der Waals surface area (Å²) in [6.45, 7) is 16.8. The lowest BCUT2D eigenvalue weighted by molar-refractivity contribution is 0.578. The van der Waals surface area contributed by atoms with E-state index in [0.717, 1.165) is 63.3 Å². The molecule has 0 saturated heterocycles. The third-order valence-electron chi connectivity index (χ3n) is 16.9. The third kappa shape index (κ3) is 5.90. The Hall–Kier alpha value is -7.59.